The van der Waals surface area contributed by atoms with Gasteiger partial charge in [-0.05, 0) is 0 Å². The van der Waals surface area contributed by atoms with E-state index in [2.05, 4.69) is 10.9 Å². The fourth-order valence-electron chi connectivity index (χ4n) is 0.493. The highest BCUT2D eigenvalue weighted by atomic mass is 19.2. The van der Waals surface area contributed by atoms with E-state index in [0.717, 1.165) is 12.3 Å². The number of pyridine rings is 1. The molecule has 0 aliphatic carbocycles. The van der Waals surface area contributed by atoms with Gasteiger partial charge in [0.15, 0.2) is 11.6 Å². The Bertz CT molecular complexity index is 288. The van der Waals surface area contributed by atoms with E-state index in [1.54, 1.807) is 0 Å². The Balaban J connectivity index is 3.20. The van der Waals surface area contributed by atoms with E-state index in [1.807, 2.05) is 0 Å². The predicted octanol–water partition coefficient (Wildman–Crippen LogP) is 1.34. The highest BCUT2D eigenvalue weighted by Gasteiger charge is 2.00. The predicted molar refractivity (Wildman–Crippen MR) is 32.1 cm³/mol. The summed E-state index contributed by atoms with van der Waals surface area (Å²) >= 11 is 0. The summed E-state index contributed by atoms with van der Waals surface area (Å²) in [7, 11) is 0. The van der Waals surface area contributed by atoms with E-state index in [9.17, 15) is 8.78 Å². The lowest BCUT2D eigenvalue weighted by atomic mass is 10.3. The number of halogens is 2. The number of hydrogen-bond donors (Lipinski definition) is 0. The van der Waals surface area contributed by atoms with Gasteiger partial charge in [-0.2, -0.15) is 0 Å². The largest absolute Gasteiger partial charge is 0.245 e. The molecule has 0 unspecified atom stereocenters. The second-order valence-electron chi connectivity index (χ2n) is 1.63. The Morgan fingerprint density at radius 1 is 1.40 bits per heavy atom. The van der Waals surface area contributed by atoms with Crippen molar-refractivity contribution in [3.05, 3.63) is 29.6 Å². The Kier molecular flexibility index (Phi) is 1.63. The van der Waals surface area contributed by atoms with Crippen LogP contribution < -0.4 is 0 Å². The van der Waals surface area contributed by atoms with Gasteiger partial charge in [0.05, 0.1) is 6.20 Å². The first-order chi connectivity index (χ1) is 4.74. The van der Waals surface area contributed by atoms with E-state index in [1.165, 1.54) is 0 Å². The van der Waals surface area contributed by atoms with Crippen molar-refractivity contribution in [1.82, 2.24) is 4.98 Å². The van der Waals surface area contributed by atoms with Crippen molar-refractivity contribution in [1.29, 1.82) is 0 Å². The van der Waals surface area contributed by atoms with E-state index in [0.29, 0.717) is 0 Å². The normalized spacial score (nSPS) is 8.90. The number of nitrogens with zero attached hydrogens (tertiary/aromatic N) is 1. The molecule has 0 radical (unpaired) electrons. The fourth-order valence-corrected chi connectivity index (χ4v) is 0.493. The molecule has 1 heterocycles. The van der Waals surface area contributed by atoms with Crippen LogP contribution in [0, 0.1) is 24.0 Å². The monoisotopic (exact) mass is 139 g/mol. The van der Waals surface area contributed by atoms with Crippen molar-refractivity contribution in [3.8, 4) is 12.3 Å². The van der Waals surface area contributed by atoms with Crippen LogP contribution in [-0.2, 0) is 0 Å². The van der Waals surface area contributed by atoms with Crippen LogP contribution in [0.25, 0.3) is 0 Å². The van der Waals surface area contributed by atoms with Crippen LogP contribution in [0.2, 0.25) is 0 Å². The number of hydrogen-bond acceptors (Lipinski definition) is 1. The number of aromatic nitrogens is 1. The molecule has 0 aromatic carbocycles. The average Bonchev–Trinajstić information content (AvgIpc) is 1.95. The van der Waals surface area contributed by atoms with Crippen LogP contribution in [0.4, 0.5) is 8.78 Å². The topological polar surface area (TPSA) is 12.9 Å². The first kappa shape index (κ1) is 6.69. The standard InChI is InChI=1S/C7H3F2N/c1-2-5-3-6(8)7(9)4-10-5/h1,3-4H. The zero-order valence-corrected chi connectivity index (χ0v) is 4.94. The smallest absolute Gasteiger partial charge is 0.177 e. The first-order valence-corrected chi connectivity index (χ1v) is 2.51. The summed E-state index contributed by atoms with van der Waals surface area (Å²) in [5.41, 5.74) is 0.0962. The maximum absolute atomic E-state index is 12.3. The van der Waals surface area contributed by atoms with Crippen LogP contribution in [0.3, 0.4) is 0 Å². The van der Waals surface area contributed by atoms with Crippen LogP contribution in [0.1, 0.15) is 5.69 Å². The molecule has 1 nitrogen and oxygen atoms in total. The van der Waals surface area contributed by atoms with Gasteiger partial charge in [-0.25, -0.2) is 13.8 Å². The Morgan fingerprint density at radius 3 is 2.60 bits per heavy atom. The Hall–Kier alpha value is -1.43. The maximum Gasteiger partial charge on any atom is 0.177 e. The fraction of sp³-hybridized carbons (Fsp3) is 0. The van der Waals surface area contributed by atoms with Gasteiger partial charge in [0, 0.05) is 6.07 Å². The van der Waals surface area contributed by atoms with Crippen molar-refractivity contribution in [2.75, 3.05) is 0 Å². The van der Waals surface area contributed by atoms with Crippen LogP contribution in [0.5, 0.6) is 0 Å². The van der Waals surface area contributed by atoms with E-state index in [4.69, 9.17) is 6.42 Å². The molecule has 0 bridgehead atoms. The zero-order chi connectivity index (χ0) is 7.56. The van der Waals surface area contributed by atoms with Gasteiger partial charge < -0.3 is 0 Å². The van der Waals surface area contributed by atoms with Crippen molar-refractivity contribution >= 4 is 0 Å². The molecule has 0 spiro atoms. The summed E-state index contributed by atoms with van der Waals surface area (Å²) in [6.45, 7) is 0. The summed E-state index contributed by atoms with van der Waals surface area (Å²) in [6.07, 6.45) is 5.62. The second kappa shape index (κ2) is 2.44. The SMILES string of the molecule is C#Cc1cc(F)c(F)cn1. The summed E-state index contributed by atoms with van der Waals surface area (Å²) < 4.78 is 24.4. The van der Waals surface area contributed by atoms with Gasteiger partial charge in [-0.1, -0.05) is 5.92 Å². The van der Waals surface area contributed by atoms with E-state index < -0.39 is 11.6 Å². The molecular formula is C7H3F2N. The van der Waals surface area contributed by atoms with Crippen molar-refractivity contribution in [2.45, 2.75) is 0 Å². The van der Waals surface area contributed by atoms with Crippen molar-refractivity contribution in [3.63, 3.8) is 0 Å². The minimum Gasteiger partial charge on any atom is -0.245 e. The lowest BCUT2D eigenvalue weighted by Gasteiger charge is -1.90. The summed E-state index contributed by atoms with van der Waals surface area (Å²) in [6, 6.07) is 0.870. The van der Waals surface area contributed by atoms with Gasteiger partial charge in [0.2, 0.25) is 0 Å². The molecule has 1 aromatic rings. The van der Waals surface area contributed by atoms with Gasteiger partial charge in [-0.3, -0.25) is 0 Å². The highest BCUT2D eigenvalue weighted by Crippen LogP contribution is 2.03. The third kappa shape index (κ3) is 1.11. The molecule has 0 aliphatic heterocycles. The third-order valence-electron chi connectivity index (χ3n) is 0.956. The number of rotatable bonds is 0. The highest BCUT2D eigenvalue weighted by molar-refractivity contribution is 5.24. The maximum atomic E-state index is 12.3. The molecule has 50 valence electrons. The van der Waals surface area contributed by atoms with E-state index in [-0.39, 0.29) is 5.69 Å². The van der Waals surface area contributed by atoms with Gasteiger partial charge >= 0.3 is 0 Å². The second-order valence-corrected chi connectivity index (χ2v) is 1.63. The molecule has 0 fully saturated rings. The molecule has 0 amide bonds. The molecule has 0 saturated carbocycles. The quantitative estimate of drug-likeness (QED) is 0.494. The first-order valence-electron chi connectivity index (χ1n) is 2.51. The molecule has 10 heavy (non-hydrogen) atoms. The lowest BCUT2D eigenvalue weighted by molar-refractivity contribution is 0.503. The Morgan fingerprint density at radius 2 is 2.10 bits per heavy atom. The van der Waals surface area contributed by atoms with E-state index >= 15 is 0 Å². The minimum absolute atomic E-state index is 0.0962. The number of terminal acetylenes is 1. The van der Waals surface area contributed by atoms with Crippen LogP contribution >= 0.6 is 0 Å². The average molecular weight is 139 g/mol. The summed E-state index contributed by atoms with van der Waals surface area (Å²) in [5.74, 6) is 0.121. The van der Waals surface area contributed by atoms with Gasteiger partial charge in [0.25, 0.3) is 0 Å². The third-order valence-corrected chi connectivity index (χ3v) is 0.956. The molecule has 1 rings (SSSR count). The summed E-state index contributed by atoms with van der Waals surface area (Å²) in [4.78, 5) is 3.41. The molecule has 1 aromatic heterocycles. The molecule has 0 N–H and O–H groups in total. The zero-order valence-electron chi connectivity index (χ0n) is 4.94. The molecule has 3 heteroatoms. The van der Waals surface area contributed by atoms with Crippen molar-refractivity contribution < 1.29 is 8.78 Å². The minimum atomic E-state index is -0.987. The van der Waals surface area contributed by atoms with Gasteiger partial charge in [0.1, 0.15) is 5.69 Å². The van der Waals surface area contributed by atoms with Gasteiger partial charge in [-0.15, -0.1) is 6.42 Å². The molecule has 0 atom stereocenters. The van der Waals surface area contributed by atoms with Crippen LogP contribution in [-0.4, -0.2) is 4.98 Å². The Labute approximate surface area is 56.7 Å². The summed E-state index contributed by atoms with van der Waals surface area (Å²) in [5, 5.41) is 0. The molecular weight excluding hydrogens is 136 g/mol. The lowest BCUT2D eigenvalue weighted by Crippen LogP contribution is -1.88. The molecule has 0 saturated heterocycles. The molecule has 0 aliphatic rings. The van der Waals surface area contributed by atoms with Crippen LogP contribution in [0.15, 0.2) is 12.3 Å². The van der Waals surface area contributed by atoms with Crippen molar-refractivity contribution in [2.24, 2.45) is 0 Å².